The Bertz CT molecular complexity index is 794. The lowest BCUT2D eigenvalue weighted by Gasteiger charge is -2.39. The minimum absolute atomic E-state index is 0.0165. The van der Waals surface area contributed by atoms with Gasteiger partial charge in [-0.05, 0) is 25.8 Å². The van der Waals surface area contributed by atoms with Crippen molar-refractivity contribution in [2.75, 3.05) is 25.0 Å². The molecule has 2 atom stereocenters. The van der Waals surface area contributed by atoms with Gasteiger partial charge in [0, 0.05) is 13.0 Å². The molecule has 138 valence electrons. The summed E-state index contributed by atoms with van der Waals surface area (Å²) in [6.07, 6.45) is 6.36. The normalized spacial score (nSPS) is 25.6. The number of nitrogens with zero attached hydrogens (tertiary/aromatic N) is 3. The van der Waals surface area contributed by atoms with Crippen molar-refractivity contribution in [2.24, 2.45) is 0 Å². The number of halogens is 1. The Balaban J connectivity index is 1.41. The number of anilines is 1. The molecule has 7 nitrogen and oxygen atoms in total. The third-order valence-corrected chi connectivity index (χ3v) is 5.08. The Hall–Kier alpha value is -2.48. The molecule has 1 N–H and O–H groups in total. The first-order valence-corrected chi connectivity index (χ1v) is 8.76. The number of ether oxygens (including phenoxy) is 1. The largest absolute Gasteiger partial charge is 0.469 e. The molecule has 8 heteroatoms. The van der Waals surface area contributed by atoms with E-state index >= 15 is 0 Å². The molecule has 2 aliphatic rings. The van der Waals surface area contributed by atoms with Gasteiger partial charge in [-0.15, -0.1) is 0 Å². The van der Waals surface area contributed by atoms with Crippen molar-refractivity contribution in [2.45, 2.75) is 37.8 Å². The van der Waals surface area contributed by atoms with E-state index in [0.717, 1.165) is 31.7 Å². The summed E-state index contributed by atoms with van der Waals surface area (Å²) in [5.41, 5.74) is 0.248. The van der Waals surface area contributed by atoms with E-state index in [4.69, 9.17) is 9.15 Å². The van der Waals surface area contributed by atoms with Crippen LogP contribution in [-0.2, 0) is 4.74 Å². The van der Waals surface area contributed by atoms with E-state index in [-0.39, 0.29) is 17.6 Å². The average Bonchev–Trinajstić information content (AvgIpc) is 3.23. The molecule has 0 bridgehead atoms. The Morgan fingerprint density at radius 3 is 2.96 bits per heavy atom. The Morgan fingerprint density at radius 1 is 1.42 bits per heavy atom. The van der Waals surface area contributed by atoms with Gasteiger partial charge in [-0.2, -0.15) is 0 Å². The molecule has 0 radical (unpaired) electrons. The predicted molar refractivity (Wildman–Crippen MR) is 91.3 cm³/mol. The zero-order valence-electron chi connectivity index (χ0n) is 14.6. The molecule has 2 fully saturated rings. The number of furan rings is 1. The van der Waals surface area contributed by atoms with Crippen molar-refractivity contribution in [3.05, 3.63) is 41.9 Å². The third kappa shape index (κ3) is 3.29. The maximum absolute atomic E-state index is 12.9. The molecule has 0 aromatic carbocycles. The standard InChI is InChI=1S/C18H21FN4O3/c1-12-15(3-6-25-12)16(24)23-5-2-4-18(11-23)7-14(10-26-18)22-17-20-8-13(19)9-21-17/h3,6,8-9,14H,2,4-5,7,10-11H2,1H3,(H,20,21,22)/t14-,18+/m1/s1. The fourth-order valence-corrected chi connectivity index (χ4v) is 3.84. The Labute approximate surface area is 150 Å². The fourth-order valence-electron chi connectivity index (χ4n) is 3.84. The van der Waals surface area contributed by atoms with Crippen molar-refractivity contribution >= 4 is 11.9 Å². The van der Waals surface area contributed by atoms with E-state index in [1.54, 1.807) is 13.0 Å². The summed E-state index contributed by atoms with van der Waals surface area (Å²) < 4.78 is 24.3. The van der Waals surface area contributed by atoms with Crippen LogP contribution in [0.1, 0.15) is 35.4 Å². The highest BCUT2D eigenvalue weighted by Crippen LogP contribution is 2.36. The number of aryl methyl sites for hydroxylation is 1. The van der Waals surface area contributed by atoms with Gasteiger partial charge in [0.05, 0.1) is 49.0 Å². The summed E-state index contributed by atoms with van der Waals surface area (Å²) in [7, 11) is 0. The molecule has 1 amide bonds. The van der Waals surface area contributed by atoms with Crippen LogP contribution in [0, 0.1) is 12.7 Å². The summed E-state index contributed by atoms with van der Waals surface area (Å²) in [6, 6.07) is 1.75. The van der Waals surface area contributed by atoms with Crippen LogP contribution in [0.4, 0.5) is 10.3 Å². The highest BCUT2D eigenvalue weighted by Gasteiger charge is 2.45. The SMILES string of the molecule is Cc1occc1C(=O)N1CCC[C@]2(C[C@@H](Nc3ncc(F)cn3)CO2)C1. The van der Waals surface area contributed by atoms with Gasteiger partial charge in [-0.25, -0.2) is 14.4 Å². The molecular weight excluding hydrogens is 339 g/mol. The first kappa shape index (κ1) is 17.0. The number of hydrogen-bond acceptors (Lipinski definition) is 6. The van der Waals surface area contributed by atoms with Gasteiger partial charge < -0.3 is 19.4 Å². The summed E-state index contributed by atoms with van der Waals surface area (Å²) in [4.78, 5) is 22.5. The van der Waals surface area contributed by atoms with E-state index in [9.17, 15) is 9.18 Å². The zero-order chi connectivity index (χ0) is 18.1. The zero-order valence-corrected chi connectivity index (χ0v) is 14.6. The van der Waals surface area contributed by atoms with Crippen LogP contribution in [0.5, 0.6) is 0 Å². The Kier molecular flexibility index (Phi) is 4.36. The van der Waals surface area contributed by atoms with Crippen LogP contribution >= 0.6 is 0 Å². The number of hydrogen-bond donors (Lipinski definition) is 1. The van der Waals surface area contributed by atoms with Crippen molar-refractivity contribution in [3.8, 4) is 0 Å². The Morgan fingerprint density at radius 2 is 2.23 bits per heavy atom. The molecule has 4 heterocycles. The van der Waals surface area contributed by atoms with Gasteiger partial charge in [0.15, 0.2) is 5.82 Å². The van der Waals surface area contributed by atoms with Crippen LogP contribution in [-0.4, -0.2) is 52.1 Å². The maximum atomic E-state index is 12.9. The monoisotopic (exact) mass is 360 g/mol. The molecule has 0 unspecified atom stereocenters. The van der Waals surface area contributed by atoms with Crippen LogP contribution in [0.3, 0.4) is 0 Å². The number of piperidine rings is 1. The molecule has 4 rings (SSSR count). The number of carbonyl (C=O) groups is 1. The van der Waals surface area contributed by atoms with Gasteiger partial charge in [0.1, 0.15) is 5.76 Å². The minimum Gasteiger partial charge on any atom is -0.469 e. The number of rotatable bonds is 3. The molecule has 26 heavy (non-hydrogen) atoms. The lowest BCUT2D eigenvalue weighted by atomic mass is 9.88. The van der Waals surface area contributed by atoms with E-state index in [2.05, 4.69) is 15.3 Å². The fraction of sp³-hybridized carbons (Fsp3) is 0.500. The second-order valence-electron chi connectivity index (χ2n) is 6.99. The van der Waals surface area contributed by atoms with Gasteiger partial charge >= 0.3 is 0 Å². The van der Waals surface area contributed by atoms with Gasteiger partial charge in [-0.1, -0.05) is 0 Å². The molecular formula is C18H21FN4O3. The smallest absolute Gasteiger partial charge is 0.257 e. The van der Waals surface area contributed by atoms with Crippen LogP contribution in [0.25, 0.3) is 0 Å². The minimum atomic E-state index is -0.467. The van der Waals surface area contributed by atoms with E-state index in [0.29, 0.717) is 37.0 Å². The predicted octanol–water partition coefficient (Wildman–Crippen LogP) is 2.39. The second kappa shape index (κ2) is 6.68. The molecule has 0 saturated carbocycles. The average molecular weight is 360 g/mol. The highest BCUT2D eigenvalue weighted by atomic mass is 19.1. The van der Waals surface area contributed by atoms with E-state index < -0.39 is 5.82 Å². The highest BCUT2D eigenvalue weighted by molar-refractivity contribution is 5.95. The second-order valence-corrected chi connectivity index (χ2v) is 6.99. The summed E-state index contributed by atoms with van der Waals surface area (Å²) in [5, 5.41) is 3.19. The lowest BCUT2D eigenvalue weighted by molar-refractivity contribution is -0.0447. The number of aromatic nitrogens is 2. The van der Waals surface area contributed by atoms with Gasteiger partial charge in [0.2, 0.25) is 5.95 Å². The summed E-state index contributed by atoms with van der Waals surface area (Å²) >= 11 is 0. The van der Waals surface area contributed by atoms with Crippen LogP contribution < -0.4 is 5.32 Å². The number of likely N-dealkylation sites (tertiary alicyclic amines) is 1. The molecule has 2 aromatic heterocycles. The van der Waals surface area contributed by atoms with E-state index in [1.165, 1.54) is 6.26 Å². The third-order valence-electron chi connectivity index (χ3n) is 5.08. The van der Waals surface area contributed by atoms with Crippen molar-refractivity contribution in [1.82, 2.24) is 14.9 Å². The van der Waals surface area contributed by atoms with Gasteiger partial charge in [-0.3, -0.25) is 4.79 Å². The van der Waals surface area contributed by atoms with E-state index in [1.807, 2.05) is 4.90 Å². The summed E-state index contributed by atoms with van der Waals surface area (Å²) in [5.74, 6) is 0.535. The number of nitrogens with one attached hydrogen (secondary N) is 1. The van der Waals surface area contributed by atoms with Crippen LogP contribution in [0.2, 0.25) is 0 Å². The maximum Gasteiger partial charge on any atom is 0.257 e. The molecule has 2 aliphatic heterocycles. The topological polar surface area (TPSA) is 80.5 Å². The van der Waals surface area contributed by atoms with Gasteiger partial charge in [0.25, 0.3) is 5.91 Å². The molecule has 2 saturated heterocycles. The van der Waals surface area contributed by atoms with Crippen molar-refractivity contribution < 1.29 is 18.3 Å². The lowest BCUT2D eigenvalue weighted by Crippen LogP contribution is -2.50. The quantitative estimate of drug-likeness (QED) is 0.905. The molecule has 0 aliphatic carbocycles. The number of amides is 1. The van der Waals surface area contributed by atoms with Crippen molar-refractivity contribution in [3.63, 3.8) is 0 Å². The van der Waals surface area contributed by atoms with Crippen molar-refractivity contribution in [1.29, 1.82) is 0 Å². The first-order valence-electron chi connectivity index (χ1n) is 8.76. The van der Waals surface area contributed by atoms with Crippen LogP contribution in [0.15, 0.2) is 29.1 Å². The first-order chi connectivity index (χ1) is 12.5. The summed E-state index contributed by atoms with van der Waals surface area (Å²) in [6.45, 7) is 3.57. The molecule has 1 spiro atoms. The molecule has 2 aromatic rings. The number of carbonyl (C=O) groups excluding carboxylic acids is 1.